The van der Waals surface area contributed by atoms with Crippen molar-refractivity contribution in [3.8, 4) is 0 Å². The average Bonchev–Trinajstić information content (AvgIpc) is 0.806. The van der Waals surface area contributed by atoms with Crippen LogP contribution in [0, 0.1) is 0 Å². The molecule has 0 aromatic heterocycles. The third kappa shape index (κ3) is 24.4. The molecule has 0 aromatic carbocycles. The number of hydrazone groups is 4. The van der Waals surface area contributed by atoms with Crippen molar-refractivity contribution < 1.29 is 38.3 Å². The van der Waals surface area contributed by atoms with Crippen LogP contribution in [-0.4, -0.2) is 327 Å². The van der Waals surface area contributed by atoms with Crippen LogP contribution in [0.1, 0.15) is 337 Å². The summed E-state index contributed by atoms with van der Waals surface area (Å²) < 4.78 is 28.9. The zero-order valence-corrected chi connectivity index (χ0v) is 90.2. The second-order valence-corrected chi connectivity index (χ2v) is 51.6. The normalized spacial score (nSPS) is 28.5. The summed E-state index contributed by atoms with van der Waals surface area (Å²) in [6.07, 6.45) is 21.3. The Hall–Kier alpha value is -6.04. The van der Waals surface area contributed by atoms with E-state index in [0.717, 1.165) is 126 Å². The predicted octanol–water partition coefficient (Wildman–Crippen LogP) is 14.5. The molecule has 0 bridgehead atoms. The first-order chi connectivity index (χ1) is 60.4. The third-order valence-electron chi connectivity index (χ3n) is 34.1. The number of hydrogen-bond donors (Lipinski definition) is 6. The molecule has 0 radical (unpaired) electrons. The molecule has 8 saturated heterocycles. The monoisotopic (exact) mass is 1850 g/mol. The van der Waals surface area contributed by atoms with Crippen LogP contribution in [0.4, 0.5) is 0 Å². The Balaban J connectivity index is 0.913. The minimum absolute atomic E-state index is 0.0922. The van der Waals surface area contributed by atoms with E-state index in [1.54, 1.807) is 21.1 Å². The lowest BCUT2D eigenvalue weighted by atomic mass is 9.79. The van der Waals surface area contributed by atoms with Gasteiger partial charge >= 0.3 is 0 Å². The first-order valence-corrected chi connectivity index (χ1v) is 50.1. The molecular weight excluding hydrogens is 1670 g/mol. The van der Waals surface area contributed by atoms with Gasteiger partial charge in [0.05, 0.1) is 24.4 Å². The van der Waals surface area contributed by atoms with Crippen LogP contribution in [0.5, 0.6) is 0 Å². The van der Waals surface area contributed by atoms with Gasteiger partial charge < -0.3 is 39.4 Å². The molecule has 32 nitrogen and oxygen atoms in total. The minimum Gasteiger partial charge on any atom is -0.473 e. The maximum Gasteiger partial charge on any atom is 0.239 e. The highest BCUT2D eigenvalue weighted by atomic mass is 16.8. The lowest BCUT2D eigenvalue weighted by Gasteiger charge is -2.53. The van der Waals surface area contributed by atoms with E-state index in [0.29, 0.717) is 75.7 Å². The maximum atomic E-state index is 7.37. The van der Waals surface area contributed by atoms with Gasteiger partial charge in [0.25, 0.3) is 0 Å². The standard InChI is InChI=1S/C100H186N24O8/c1-85(2)53-69(54-86(3,4)111(85)33)125-81-49-77(103-121(107-81)129-73-61-93(17,18)115(37)94(19,20)62-73)101-43-41-45-119(79-51-83(127-71-57-89(9,10)113(35)90(11,12)58-71)109-123(105-79)131-75-65-97(25,26)117(39)98(27,28)66-75)47-48-120(80-52-84(128-72-59-91(13,14)114(36)92(15,16)60-72)110-124(106-80)132-76-67-99(29,30)118(40)100(31,32)68-76)46-42-44-102-78-50-82(126-70-55-87(5,6)112(34)88(7,8)56-70)108-122(104-78)130-74-63-95(21,22)116(38)96(23,24)64-74/h49-52,69-76,101-106H,41-48,53-68H2,1-40H3. The van der Waals surface area contributed by atoms with Crippen molar-refractivity contribution in [2.75, 3.05) is 95.6 Å². The van der Waals surface area contributed by atoms with Gasteiger partial charge in [-0.05, 0) is 342 Å². The van der Waals surface area contributed by atoms with Gasteiger partial charge in [-0.2, -0.15) is 0 Å². The van der Waals surface area contributed by atoms with Crippen molar-refractivity contribution in [1.29, 1.82) is 0 Å². The van der Waals surface area contributed by atoms with Crippen LogP contribution in [0.15, 0.2) is 68.0 Å². The molecule has 0 atom stereocenters. The van der Waals surface area contributed by atoms with Crippen molar-refractivity contribution in [2.45, 2.75) is 475 Å². The molecule has 32 heteroatoms. The van der Waals surface area contributed by atoms with Crippen molar-refractivity contribution in [2.24, 2.45) is 20.4 Å². The fourth-order valence-corrected chi connectivity index (χ4v) is 24.6. The summed E-state index contributed by atoms with van der Waals surface area (Å²) in [5, 5.41) is 34.9. The summed E-state index contributed by atoms with van der Waals surface area (Å²) in [5.41, 5.74) is 12.4. The van der Waals surface area contributed by atoms with Gasteiger partial charge in [0.15, 0.2) is 0 Å². The molecule has 12 aliphatic rings. The summed E-state index contributed by atoms with van der Waals surface area (Å²) in [6, 6.07) is 0. The Labute approximate surface area is 798 Å². The van der Waals surface area contributed by atoms with Gasteiger partial charge in [0, 0.05) is 204 Å². The summed E-state index contributed by atoms with van der Waals surface area (Å²) in [6.45, 7) is 77.3. The second kappa shape index (κ2) is 37.6. The Bertz CT molecular complexity index is 3860. The van der Waals surface area contributed by atoms with E-state index < -0.39 is 0 Å². The fourth-order valence-electron chi connectivity index (χ4n) is 24.6. The molecule has 0 amide bonds. The van der Waals surface area contributed by atoms with Gasteiger partial charge in [-0.15, -0.1) is 0 Å². The van der Waals surface area contributed by atoms with Crippen molar-refractivity contribution in [3.05, 3.63) is 47.6 Å². The molecule has 132 heavy (non-hydrogen) atoms. The lowest BCUT2D eigenvalue weighted by Crippen LogP contribution is -2.61. The van der Waals surface area contributed by atoms with E-state index in [1.807, 2.05) is 12.2 Å². The molecule has 12 rings (SSSR count). The van der Waals surface area contributed by atoms with Crippen LogP contribution < -0.4 is 32.3 Å². The summed E-state index contributed by atoms with van der Waals surface area (Å²) in [4.78, 5) is 53.3. The molecule has 0 spiro atoms. The molecule has 6 N–H and O–H groups in total. The van der Waals surface area contributed by atoms with Crippen LogP contribution >= 0.6 is 0 Å². The van der Waals surface area contributed by atoms with Gasteiger partial charge in [-0.25, -0.2) is 41.1 Å². The molecule has 12 heterocycles. The summed E-state index contributed by atoms with van der Waals surface area (Å²) >= 11 is 0. The van der Waals surface area contributed by atoms with Gasteiger partial charge in [0.2, 0.25) is 23.6 Å². The van der Waals surface area contributed by atoms with Crippen LogP contribution in [-0.2, 0) is 38.3 Å². The van der Waals surface area contributed by atoms with Gasteiger partial charge in [-0.3, -0.25) is 39.2 Å². The van der Waals surface area contributed by atoms with E-state index in [2.05, 4.69) is 371 Å². The van der Waals surface area contributed by atoms with Crippen LogP contribution in [0.2, 0.25) is 0 Å². The van der Waals surface area contributed by atoms with Crippen LogP contribution in [0.3, 0.4) is 0 Å². The average molecular weight is 1850 g/mol. The highest BCUT2D eigenvalue weighted by Gasteiger charge is 2.54. The first kappa shape index (κ1) is 105. The quantitative estimate of drug-likeness (QED) is 0.0419. The van der Waals surface area contributed by atoms with E-state index in [4.69, 9.17) is 58.7 Å². The largest absolute Gasteiger partial charge is 0.473 e. The third-order valence-corrected chi connectivity index (χ3v) is 34.1. The lowest BCUT2D eigenvalue weighted by molar-refractivity contribution is -0.256. The fraction of sp³-hybridized carbons (Fsp3) is 0.880. The van der Waals surface area contributed by atoms with E-state index >= 15 is 0 Å². The van der Waals surface area contributed by atoms with Gasteiger partial charge in [0.1, 0.15) is 47.7 Å². The zero-order valence-electron chi connectivity index (χ0n) is 90.2. The number of hydrazine groups is 4. The number of likely N-dealkylation sites (tertiary alicyclic amines) is 8. The number of hydrogen-bond acceptors (Lipinski definition) is 32. The molecule has 8 fully saturated rings. The molecular formula is C100H186N24O8. The van der Waals surface area contributed by atoms with Crippen molar-refractivity contribution >= 4 is 23.6 Å². The first-order valence-electron chi connectivity index (χ1n) is 50.1. The van der Waals surface area contributed by atoms with E-state index in [-0.39, 0.29) is 137 Å². The number of nitrogens with one attached hydrogen (secondary N) is 6. The molecule has 12 aliphatic heterocycles. The Morgan fingerprint density at radius 2 is 0.417 bits per heavy atom. The summed E-state index contributed by atoms with van der Waals surface area (Å²) in [7, 11) is 17.9. The molecule has 0 aliphatic carbocycles. The highest BCUT2D eigenvalue weighted by molar-refractivity contribution is 5.90. The Morgan fingerprint density at radius 1 is 0.250 bits per heavy atom. The zero-order chi connectivity index (χ0) is 97.8. The number of rotatable bonds is 27. The highest BCUT2D eigenvalue weighted by Crippen LogP contribution is 2.48. The van der Waals surface area contributed by atoms with Crippen molar-refractivity contribution in [3.63, 3.8) is 0 Å². The topological polar surface area (TPSA) is 241 Å². The molecule has 0 saturated carbocycles. The number of piperidine rings is 8. The summed E-state index contributed by atoms with van der Waals surface area (Å²) in [5.74, 6) is 4.96. The minimum atomic E-state index is -0.191. The maximum absolute atomic E-state index is 7.37. The van der Waals surface area contributed by atoms with E-state index in [1.165, 1.54) is 0 Å². The molecule has 0 aromatic rings. The molecule has 754 valence electrons. The van der Waals surface area contributed by atoms with Gasteiger partial charge in [-0.1, -0.05) is 41.5 Å². The molecule has 0 unspecified atom stereocenters. The Kier molecular flexibility index (Phi) is 29.9. The smallest absolute Gasteiger partial charge is 0.239 e. The SMILES string of the molecule is CN1C(C)(C)CC(OC2=NN(OC3CC(C)(C)N(C)C(C)(C)C3)NC(NCCCN(CCN(CCCNC3=CC(OC4CC(C)(C)N(C)C(C)(C)C4)=NN(OC4CC(C)(C)N(C)C(C)(C)C4)N3)C3=CC(OC4CC(C)(C)N(C)C(C)(C)C4)=NN(OC4CC(C)(C)N(C)C(C)(C)C4)N3)C3=CC(OC4CC(C)(C)N(C)C(C)(C)C4)=NN(OC4CC(C)(C)N(C)C(C)(C)C4)N3)=C2)CC1(C)C. The van der Waals surface area contributed by atoms with E-state index in [9.17, 15) is 0 Å². The predicted molar refractivity (Wildman–Crippen MR) is 531 cm³/mol. The van der Waals surface area contributed by atoms with Crippen LogP contribution in [0.25, 0.3) is 0 Å². The number of nitrogens with zero attached hydrogens (tertiary/aromatic N) is 18. The Morgan fingerprint density at radius 3 is 0.606 bits per heavy atom. The van der Waals surface area contributed by atoms with Crippen molar-refractivity contribution in [1.82, 2.24) is 102 Å². The second-order valence-electron chi connectivity index (χ2n) is 51.6. The number of ether oxygens (including phenoxy) is 4.